The van der Waals surface area contributed by atoms with Gasteiger partial charge in [0.15, 0.2) is 5.13 Å². The van der Waals surface area contributed by atoms with Crippen LogP contribution in [0.5, 0.6) is 0 Å². The lowest BCUT2D eigenvalue weighted by Crippen LogP contribution is -2.20. The molecule has 0 aliphatic carbocycles. The third-order valence-corrected chi connectivity index (χ3v) is 6.27. The van der Waals surface area contributed by atoms with Gasteiger partial charge in [0, 0.05) is 6.54 Å². The van der Waals surface area contributed by atoms with E-state index in [1.54, 1.807) is 17.7 Å². The molecule has 0 aliphatic rings. The molecule has 0 amide bonds. The van der Waals surface area contributed by atoms with Gasteiger partial charge in [-0.1, -0.05) is 74.4 Å². The number of rotatable bonds is 8. The predicted octanol–water partition coefficient (Wildman–Crippen LogP) is 5.53. The second-order valence-electron chi connectivity index (χ2n) is 6.98. The predicted molar refractivity (Wildman–Crippen MR) is 116 cm³/mol. The van der Waals surface area contributed by atoms with Crippen LogP contribution in [-0.4, -0.2) is 19.7 Å². The number of hydrogen-bond acceptors (Lipinski definition) is 5. The maximum Gasteiger partial charge on any atom is 0.184 e. The van der Waals surface area contributed by atoms with E-state index < -0.39 is 0 Å². The summed E-state index contributed by atoms with van der Waals surface area (Å²) < 4.78 is 3.20. The first-order valence-electron chi connectivity index (χ1n) is 9.80. The van der Waals surface area contributed by atoms with Crippen molar-refractivity contribution in [3.05, 3.63) is 72.3 Å². The Bertz CT molecular complexity index is 970. The van der Waals surface area contributed by atoms with E-state index in [1.165, 1.54) is 15.8 Å². The molecule has 1 N–H and O–H groups in total. The zero-order valence-electron chi connectivity index (χ0n) is 16.2. The number of benzene rings is 2. The van der Waals surface area contributed by atoms with Crippen molar-refractivity contribution in [3.8, 4) is 0 Å². The van der Waals surface area contributed by atoms with Crippen molar-refractivity contribution in [2.24, 2.45) is 5.92 Å². The molecule has 0 saturated carbocycles. The van der Waals surface area contributed by atoms with Gasteiger partial charge in [-0.05, 0) is 29.2 Å². The number of anilines is 1. The molecule has 0 spiro atoms. The maximum absolute atomic E-state index is 4.64. The van der Waals surface area contributed by atoms with Crippen LogP contribution in [0.15, 0.2) is 61.2 Å². The van der Waals surface area contributed by atoms with Crippen LogP contribution in [-0.2, 0) is 6.54 Å². The Morgan fingerprint density at radius 2 is 1.82 bits per heavy atom. The van der Waals surface area contributed by atoms with Crippen LogP contribution >= 0.6 is 11.3 Å². The number of thiazole rings is 1. The van der Waals surface area contributed by atoms with Gasteiger partial charge in [0.05, 0.1) is 16.3 Å². The van der Waals surface area contributed by atoms with Gasteiger partial charge in [0.25, 0.3) is 0 Å². The second kappa shape index (κ2) is 8.52. The number of hydrogen-bond donors (Lipinski definition) is 1. The highest BCUT2D eigenvalue weighted by atomic mass is 32.1. The molecule has 4 rings (SSSR count). The van der Waals surface area contributed by atoms with Crippen LogP contribution in [0, 0.1) is 5.92 Å². The zero-order valence-corrected chi connectivity index (χ0v) is 17.1. The number of nitrogens with zero attached hydrogens (tertiary/aromatic N) is 4. The highest BCUT2D eigenvalue weighted by molar-refractivity contribution is 7.22. The first-order valence-corrected chi connectivity index (χ1v) is 10.6. The largest absolute Gasteiger partial charge is 0.357 e. The van der Waals surface area contributed by atoms with Crippen LogP contribution in [0.2, 0.25) is 0 Å². The van der Waals surface area contributed by atoms with Crippen molar-refractivity contribution in [2.45, 2.75) is 39.3 Å². The summed E-state index contributed by atoms with van der Waals surface area (Å²) in [5.41, 5.74) is 3.57. The minimum atomic E-state index is 0.226. The van der Waals surface area contributed by atoms with E-state index in [4.69, 9.17) is 0 Å². The molecule has 0 fully saturated rings. The molecule has 2 aromatic carbocycles. The zero-order chi connectivity index (χ0) is 19.3. The molecule has 2 aromatic heterocycles. The fourth-order valence-corrected chi connectivity index (χ4v) is 4.56. The van der Waals surface area contributed by atoms with Crippen LogP contribution in [0.1, 0.15) is 43.9 Å². The summed E-state index contributed by atoms with van der Waals surface area (Å²) >= 11 is 1.69. The molecule has 2 heterocycles. The van der Waals surface area contributed by atoms with E-state index >= 15 is 0 Å². The molecule has 5 nitrogen and oxygen atoms in total. The summed E-state index contributed by atoms with van der Waals surface area (Å²) in [5, 5.41) is 8.83. The summed E-state index contributed by atoms with van der Waals surface area (Å²) in [7, 11) is 0. The van der Waals surface area contributed by atoms with Crippen molar-refractivity contribution >= 4 is 26.7 Å². The molecule has 0 radical (unpaired) electrons. The van der Waals surface area contributed by atoms with Gasteiger partial charge in [-0.25, -0.2) is 14.6 Å². The molecule has 0 saturated heterocycles. The van der Waals surface area contributed by atoms with Gasteiger partial charge in [-0.3, -0.25) is 0 Å². The number of para-hydroxylation sites is 1. The molecule has 6 heteroatoms. The first-order chi connectivity index (χ1) is 13.8. The summed E-state index contributed by atoms with van der Waals surface area (Å²) in [6.45, 7) is 5.25. The van der Waals surface area contributed by atoms with E-state index in [0.717, 1.165) is 30.0 Å². The number of aromatic nitrogens is 4. The van der Waals surface area contributed by atoms with Gasteiger partial charge in [0.2, 0.25) is 0 Å². The van der Waals surface area contributed by atoms with Gasteiger partial charge < -0.3 is 5.32 Å². The molecule has 1 unspecified atom stereocenters. The molecular formula is C22H25N5S. The van der Waals surface area contributed by atoms with Crippen LogP contribution in [0.4, 0.5) is 5.13 Å². The first kappa shape index (κ1) is 18.6. The van der Waals surface area contributed by atoms with Crippen LogP contribution in [0.25, 0.3) is 10.2 Å². The number of fused-ring (bicyclic) bond motifs is 1. The van der Waals surface area contributed by atoms with Crippen molar-refractivity contribution in [3.63, 3.8) is 0 Å². The van der Waals surface area contributed by atoms with E-state index in [1.807, 2.05) is 23.1 Å². The Labute approximate surface area is 169 Å². The molecule has 0 bridgehead atoms. The second-order valence-corrected chi connectivity index (χ2v) is 8.01. The van der Waals surface area contributed by atoms with Crippen molar-refractivity contribution in [2.75, 3.05) is 5.32 Å². The van der Waals surface area contributed by atoms with E-state index in [-0.39, 0.29) is 6.04 Å². The van der Waals surface area contributed by atoms with E-state index in [9.17, 15) is 0 Å². The Kier molecular flexibility index (Phi) is 5.67. The third kappa shape index (κ3) is 3.92. The Morgan fingerprint density at radius 1 is 1.04 bits per heavy atom. The van der Waals surface area contributed by atoms with E-state index in [2.05, 4.69) is 70.6 Å². The van der Waals surface area contributed by atoms with Gasteiger partial charge >= 0.3 is 0 Å². The van der Waals surface area contributed by atoms with Gasteiger partial charge in [0.1, 0.15) is 12.7 Å². The average Bonchev–Trinajstić information content (AvgIpc) is 3.40. The molecule has 28 heavy (non-hydrogen) atoms. The molecule has 4 aromatic rings. The fourth-order valence-electron chi connectivity index (χ4n) is 3.70. The summed E-state index contributed by atoms with van der Waals surface area (Å²) in [5.74, 6) is 0.536. The third-order valence-electron chi connectivity index (χ3n) is 5.28. The highest BCUT2D eigenvalue weighted by Crippen LogP contribution is 2.31. The summed E-state index contributed by atoms with van der Waals surface area (Å²) in [6.07, 6.45) is 5.67. The Balaban J connectivity index is 1.49. The average molecular weight is 392 g/mol. The quantitative estimate of drug-likeness (QED) is 0.429. The summed E-state index contributed by atoms with van der Waals surface area (Å²) in [4.78, 5) is 8.80. The molecule has 1 atom stereocenters. The lowest BCUT2D eigenvalue weighted by atomic mass is 9.88. The Hall–Kier alpha value is -2.73. The smallest absolute Gasteiger partial charge is 0.184 e. The SMILES string of the molecule is CCC(CC)C(c1ccc(CNc2nc3ccccc3s2)cc1)n1cncn1. The highest BCUT2D eigenvalue weighted by Gasteiger charge is 2.22. The molecule has 144 valence electrons. The van der Waals surface area contributed by atoms with E-state index in [0.29, 0.717) is 5.92 Å². The van der Waals surface area contributed by atoms with Crippen molar-refractivity contribution in [1.82, 2.24) is 19.7 Å². The van der Waals surface area contributed by atoms with Crippen LogP contribution in [0.3, 0.4) is 0 Å². The maximum atomic E-state index is 4.64. The number of nitrogens with one attached hydrogen (secondary N) is 1. The van der Waals surface area contributed by atoms with Gasteiger partial charge in [-0.15, -0.1) is 0 Å². The lowest BCUT2D eigenvalue weighted by molar-refractivity contribution is 0.332. The molecular weight excluding hydrogens is 366 g/mol. The molecule has 0 aliphatic heterocycles. The Morgan fingerprint density at radius 3 is 2.50 bits per heavy atom. The fraction of sp³-hybridized carbons (Fsp3) is 0.318. The summed E-state index contributed by atoms with van der Waals surface area (Å²) in [6, 6.07) is 17.3. The van der Waals surface area contributed by atoms with Crippen LogP contribution < -0.4 is 5.32 Å². The lowest BCUT2D eigenvalue weighted by Gasteiger charge is -2.26. The standard InChI is InChI=1S/C22H25N5S/c1-3-17(4-2)21(27-15-23-14-25-27)18-11-9-16(10-12-18)13-24-22-26-19-7-5-6-8-20(19)28-22/h5-12,14-15,17,21H,3-4,13H2,1-2H3,(H,24,26). The minimum absolute atomic E-state index is 0.226. The van der Waals surface area contributed by atoms with Crippen molar-refractivity contribution < 1.29 is 0 Å². The monoisotopic (exact) mass is 391 g/mol. The van der Waals surface area contributed by atoms with Crippen molar-refractivity contribution in [1.29, 1.82) is 0 Å². The minimum Gasteiger partial charge on any atom is -0.357 e. The normalized spacial score (nSPS) is 12.5. The van der Waals surface area contributed by atoms with Gasteiger partial charge in [-0.2, -0.15) is 5.10 Å². The topological polar surface area (TPSA) is 55.6 Å².